The molecule has 0 spiro atoms. The number of aromatic nitrogens is 1. The number of nitrogens with zero attached hydrogens (tertiary/aromatic N) is 2. The first-order chi connectivity index (χ1) is 8.42. The predicted molar refractivity (Wildman–Crippen MR) is 71.1 cm³/mol. The third-order valence-electron chi connectivity index (χ3n) is 4.05. The molecule has 3 rings (SSSR count). The van der Waals surface area contributed by atoms with Crippen molar-refractivity contribution in [1.29, 1.82) is 0 Å². The van der Waals surface area contributed by atoms with Crippen molar-refractivity contribution >= 4 is 11.3 Å². The Morgan fingerprint density at radius 3 is 3.18 bits per heavy atom. The van der Waals surface area contributed by atoms with Crippen molar-refractivity contribution in [2.75, 3.05) is 19.6 Å². The second-order valence-corrected chi connectivity index (χ2v) is 6.25. The van der Waals surface area contributed by atoms with E-state index in [0.29, 0.717) is 0 Å². The lowest BCUT2D eigenvalue weighted by atomic mass is 9.90. The third-order valence-corrected chi connectivity index (χ3v) is 4.82. The number of hydrogen-bond donors (Lipinski definition) is 1. The fourth-order valence-electron chi connectivity index (χ4n) is 3.20. The Bertz CT molecular complexity index is 332. The molecule has 4 heteroatoms. The summed E-state index contributed by atoms with van der Waals surface area (Å²) in [6, 6.07) is 0.786. The second-order valence-electron chi connectivity index (χ2n) is 5.27. The number of nitrogens with one attached hydrogen (secondary N) is 1. The van der Waals surface area contributed by atoms with Crippen LogP contribution in [-0.2, 0) is 6.54 Å². The number of hydrogen-bond acceptors (Lipinski definition) is 4. The largest absolute Gasteiger partial charge is 0.314 e. The van der Waals surface area contributed by atoms with Gasteiger partial charge in [0.1, 0.15) is 5.01 Å². The second kappa shape index (κ2) is 5.46. The van der Waals surface area contributed by atoms with Crippen molar-refractivity contribution < 1.29 is 0 Å². The number of likely N-dealkylation sites (tertiary alicyclic amines) is 1. The predicted octanol–water partition coefficient (Wildman–Crippen LogP) is 2.11. The molecule has 1 aromatic heterocycles. The van der Waals surface area contributed by atoms with E-state index >= 15 is 0 Å². The van der Waals surface area contributed by atoms with E-state index in [1.807, 2.05) is 6.20 Å². The normalized spacial score (nSPS) is 30.8. The highest BCUT2D eigenvalue weighted by Gasteiger charge is 2.29. The minimum absolute atomic E-state index is 0.786. The average molecular weight is 251 g/mol. The molecule has 2 atom stereocenters. The van der Waals surface area contributed by atoms with Gasteiger partial charge in [-0.05, 0) is 44.7 Å². The van der Waals surface area contributed by atoms with Gasteiger partial charge in [0.05, 0.1) is 6.54 Å². The maximum absolute atomic E-state index is 4.39. The maximum Gasteiger partial charge on any atom is 0.107 e. The number of piperidine rings is 1. The fourth-order valence-corrected chi connectivity index (χ4v) is 3.86. The first kappa shape index (κ1) is 11.6. The number of thiazole rings is 1. The van der Waals surface area contributed by atoms with Gasteiger partial charge < -0.3 is 5.32 Å². The molecule has 0 aliphatic carbocycles. The van der Waals surface area contributed by atoms with E-state index in [0.717, 1.165) is 18.5 Å². The van der Waals surface area contributed by atoms with Gasteiger partial charge in [0.2, 0.25) is 0 Å². The monoisotopic (exact) mass is 251 g/mol. The highest BCUT2D eigenvalue weighted by Crippen LogP contribution is 2.25. The zero-order valence-corrected chi connectivity index (χ0v) is 11.1. The highest BCUT2D eigenvalue weighted by atomic mass is 32.1. The minimum Gasteiger partial charge on any atom is -0.314 e. The summed E-state index contributed by atoms with van der Waals surface area (Å²) in [5, 5.41) is 7.01. The van der Waals surface area contributed by atoms with Crippen LogP contribution in [0, 0.1) is 5.92 Å². The Kier molecular flexibility index (Phi) is 3.74. The summed E-state index contributed by atoms with van der Waals surface area (Å²) in [6.45, 7) is 4.80. The Morgan fingerprint density at radius 2 is 2.41 bits per heavy atom. The molecule has 17 heavy (non-hydrogen) atoms. The Balaban J connectivity index is 1.55. The summed E-state index contributed by atoms with van der Waals surface area (Å²) >= 11 is 1.78. The Morgan fingerprint density at radius 1 is 1.41 bits per heavy atom. The SMILES string of the molecule is c1csc(CN2CCCC(C3CCCN3)C2)n1. The van der Waals surface area contributed by atoms with Crippen LogP contribution in [0.2, 0.25) is 0 Å². The molecule has 0 bridgehead atoms. The van der Waals surface area contributed by atoms with Gasteiger partial charge in [-0.25, -0.2) is 4.98 Å². The molecular formula is C13H21N3S. The molecule has 2 saturated heterocycles. The Labute approximate surface area is 107 Å². The van der Waals surface area contributed by atoms with Crippen molar-refractivity contribution in [2.45, 2.75) is 38.3 Å². The van der Waals surface area contributed by atoms with Gasteiger partial charge in [0, 0.05) is 24.2 Å². The maximum atomic E-state index is 4.39. The van der Waals surface area contributed by atoms with Crippen LogP contribution in [0.25, 0.3) is 0 Å². The van der Waals surface area contributed by atoms with Crippen molar-refractivity contribution in [3.63, 3.8) is 0 Å². The molecule has 0 aromatic carbocycles. The van der Waals surface area contributed by atoms with Crippen molar-refractivity contribution in [3.05, 3.63) is 16.6 Å². The van der Waals surface area contributed by atoms with Crippen molar-refractivity contribution in [1.82, 2.24) is 15.2 Å². The molecule has 1 N–H and O–H groups in total. The lowest BCUT2D eigenvalue weighted by Gasteiger charge is -2.35. The van der Waals surface area contributed by atoms with E-state index in [4.69, 9.17) is 0 Å². The lowest BCUT2D eigenvalue weighted by Crippen LogP contribution is -2.43. The highest BCUT2D eigenvalue weighted by molar-refractivity contribution is 7.09. The fraction of sp³-hybridized carbons (Fsp3) is 0.769. The summed E-state index contributed by atoms with van der Waals surface area (Å²) in [6.07, 6.45) is 7.43. The molecule has 3 heterocycles. The van der Waals surface area contributed by atoms with E-state index < -0.39 is 0 Å². The summed E-state index contributed by atoms with van der Waals surface area (Å²) in [4.78, 5) is 6.98. The van der Waals surface area contributed by atoms with Crippen molar-refractivity contribution in [3.8, 4) is 0 Å². The standard InChI is InChI=1S/C13H21N3S/c1-4-12(14-5-1)11-3-2-7-16(9-11)10-13-15-6-8-17-13/h6,8,11-12,14H,1-5,7,9-10H2. The number of rotatable bonds is 3. The molecular weight excluding hydrogens is 230 g/mol. The van der Waals surface area contributed by atoms with E-state index in [-0.39, 0.29) is 0 Å². The van der Waals surface area contributed by atoms with Gasteiger partial charge in [0.15, 0.2) is 0 Å². The van der Waals surface area contributed by atoms with Crippen molar-refractivity contribution in [2.24, 2.45) is 5.92 Å². The van der Waals surface area contributed by atoms with Gasteiger partial charge in [0.25, 0.3) is 0 Å². The minimum atomic E-state index is 0.786. The zero-order chi connectivity index (χ0) is 11.5. The molecule has 0 amide bonds. The van der Waals surface area contributed by atoms with E-state index in [1.165, 1.54) is 50.3 Å². The van der Waals surface area contributed by atoms with Crippen LogP contribution >= 0.6 is 11.3 Å². The molecule has 2 aliphatic rings. The molecule has 2 aliphatic heterocycles. The van der Waals surface area contributed by atoms with Crippen LogP contribution in [0.1, 0.15) is 30.7 Å². The zero-order valence-electron chi connectivity index (χ0n) is 10.3. The summed E-state index contributed by atoms with van der Waals surface area (Å²) < 4.78 is 0. The van der Waals surface area contributed by atoms with Gasteiger partial charge in [-0.15, -0.1) is 11.3 Å². The van der Waals surface area contributed by atoms with E-state index in [2.05, 4.69) is 20.6 Å². The smallest absolute Gasteiger partial charge is 0.107 e. The Hall–Kier alpha value is -0.450. The van der Waals surface area contributed by atoms with Crippen LogP contribution in [0.3, 0.4) is 0 Å². The van der Waals surface area contributed by atoms with Crippen LogP contribution < -0.4 is 5.32 Å². The van der Waals surface area contributed by atoms with Crippen LogP contribution in [0.4, 0.5) is 0 Å². The molecule has 2 fully saturated rings. The van der Waals surface area contributed by atoms with Gasteiger partial charge in [-0.3, -0.25) is 4.90 Å². The first-order valence-electron chi connectivity index (χ1n) is 6.76. The lowest BCUT2D eigenvalue weighted by molar-refractivity contribution is 0.145. The van der Waals surface area contributed by atoms with Crippen LogP contribution in [0.5, 0.6) is 0 Å². The molecule has 3 nitrogen and oxygen atoms in total. The quantitative estimate of drug-likeness (QED) is 0.892. The summed E-state index contributed by atoms with van der Waals surface area (Å²) in [7, 11) is 0. The summed E-state index contributed by atoms with van der Waals surface area (Å²) in [5.41, 5.74) is 0. The van der Waals surface area contributed by atoms with Gasteiger partial charge in [-0.2, -0.15) is 0 Å². The molecule has 0 saturated carbocycles. The van der Waals surface area contributed by atoms with Gasteiger partial charge in [-0.1, -0.05) is 0 Å². The van der Waals surface area contributed by atoms with Gasteiger partial charge >= 0.3 is 0 Å². The van der Waals surface area contributed by atoms with E-state index in [1.54, 1.807) is 11.3 Å². The first-order valence-corrected chi connectivity index (χ1v) is 7.64. The average Bonchev–Trinajstić information content (AvgIpc) is 3.01. The molecule has 94 valence electrons. The summed E-state index contributed by atoms with van der Waals surface area (Å²) in [5.74, 6) is 0.867. The van der Waals surface area contributed by atoms with Crippen LogP contribution in [0.15, 0.2) is 11.6 Å². The molecule has 0 radical (unpaired) electrons. The van der Waals surface area contributed by atoms with E-state index in [9.17, 15) is 0 Å². The molecule has 2 unspecified atom stereocenters. The topological polar surface area (TPSA) is 28.2 Å². The van der Waals surface area contributed by atoms with Crippen LogP contribution in [-0.4, -0.2) is 35.6 Å². The molecule has 1 aromatic rings. The third kappa shape index (κ3) is 2.87.